The molecule has 11 N–H and O–H groups in total. The van der Waals surface area contributed by atoms with Crippen LogP contribution in [0.2, 0.25) is 0 Å². The van der Waals surface area contributed by atoms with Crippen LogP contribution in [0, 0.1) is 0 Å². The first-order valence-corrected chi connectivity index (χ1v) is 17.9. The van der Waals surface area contributed by atoms with E-state index in [0.717, 1.165) is 0 Å². The number of ether oxygens (including phenoxy) is 2. The molecule has 1 heterocycles. The number of aliphatic hydroxyl groups is 4. The zero-order valence-corrected chi connectivity index (χ0v) is 29.5. The Labute approximate surface area is 304 Å². The number of rotatable bonds is 18. The SMILES string of the molecule is CSCC[C@H](NC(=O)[C@H](Cc1ccccc1)NC(=O)CNC(=O)[C@@H](C)NC(=O)[C@@H](N)Cc1ccc(O)cc1)C(=O)OC[C@H]1OC(O)[C@H](O)[C@@H](O)[C@@H]1O. The average Bonchev–Trinajstić information content (AvgIpc) is 3.13. The van der Waals surface area contributed by atoms with Gasteiger partial charge in [-0.3, -0.25) is 19.2 Å². The lowest BCUT2D eigenvalue weighted by molar-refractivity contribution is -0.287. The van der Waals surface area contributed by atoms with Crippen LogP contribution in [0.1, 0.15) is 24.5 Å². The van der Waals surface area contributed by atoms with E-state index >= 15 is 0 Å². The van der Waals surface area contributed by atoms with Crippen molar-refractivity contribution in [1.29, 1.82) is 0 Å². The molecule has 1 saturated heterocycles. The van der Waals surface area contributed by atoms with Crippen molar-refractivity contribution in [3.05, 3.63) is 65.7 Å². The summed E-state index contributed by atoms with van der Waals surface area (Å²) in [6, 6.07) is 10.4. The molecule has 1 aliphatic rings. The van der Waals surface area contributed by atoms with Gasteiger partial charge in [0.1, 0.15) is 54.9 Å². The molecule has 2 aromatic carbocycles. The van der Waals surface area contributed by atoms with Gasteiger partial charge in [0.2, 0.25) is 23.6 Å². The minimum atomic E-state index is -1.83. The number of esters is 1. The van der Waals surface area contributed by atoms with Crippen LogP contribution < -0.4 is 27.0 Å². The predicted molar refractivity (Wildman–Crippen MR) is 187 cm³/mol. The van der Waals surface area contributed by atoms with Crippen LogP contribution in [0.5, 0.6) is 5.75 Å². The second-order valence-electron chi connectivity index (χ2n) is 12.2. The molecule has 9 atom stereocenters. The van der Waals surface area contributed by atoms with Gasteiger partial charge in [-0.25, -0.2) is 4.79 Å². The largest absolute Gasteiger partial charge is 0.508 e. The minimum absolute atomic E-state index is 0.0161. The number of amides is 4. The fraction of sp³-hybridized carbons (Fsp3) is 0.500. The minimum Gasteiger partial charge on any atom is -0.508 e. The molecule has 0 saturated carbocycles. The first-order valence-electron chi connectivity index (χ1n) is 16.5. The van der Waals surface area contributed by atoms with E-state index in [1.165, 1.54) is 30.8 Å². The van der Waals surface area contributed by atoms with Crippen molar-refractivity contribution in [2.24, 2.45) is 5.73 Å². The van der Waals surface area contributed by atoms with E-state index in [4.69, 9.17) is 15.2 Å². The molecule has 0 aliphatic carbocycles. The second kappa shape index (κ2) is 20.7. The van der Waals surface area contributed by atoms with Gasteiger partial charge in [-0.1, -0.05) is 42.5 Å². The Balaban J connectivity index is 1.59. The van der Waals surface area contributed by atoms with Gasteiger partial charge in [-0.05, 0) is 55.0 Å². The van der Waals surface area contributed by atoms with Gasteiger partial charge in [0.15, 0.2) is 6.29 Å². The zero-order valence-electron chi connectivity index (χ0n) is 28.7. The summed E-state index contributed by atoms with van der Waals surface area (Å²) in [5, 5.41) is 59.1. The summed E-state index contributed by atoms with van der Waals surface area (Å²) < 4.78 is 10.3. The summed E-state index contributed by atoms with van der Waals surface area (Å²) in [5.41, 5.74) is 7.35. The molecule has 0 bridgehead atoms. The average molecular weight is 750 g/mol. The Morgan fingerprint density at radius 1 is 0.827 bits per heavy atom. The monoisotopic (exact) mass is 749 g/mol. The number of nitrogens with two attached hydrogens (primary N) is 1. The molecule has 52 heavy (non-hydrogen) atoms. The van der Waals surface area contributed by atoms with Gasteiger partial charge in [0.05, 0.1) is 12.6 Å². The lowest BCUT2D eigenvalue weighted by Crippen LogP contribution is -2.59. The van der Waals surface area contributed by atoms with Crippen molar-refractivity contribution in [1.82, 2.24) is 21.3 Å². The topological polar surface area (TPSA) is 279 Å². The second-order valence-corrected chi connectivity index (χ2v) is 13.2. The van der Waals surface area contributed by atoms with Crippen LogP contribution in [0.4, 0.5) is 0 Å². The molecule has 2 aromatic rings. The van der Waals surface area contributed by atoms with E-state index in [0.29, 0.717) is 16.9 Å². The van der Waals surface area contributed by atoms with Gasteiger partial charge in [0, 0.05) is 6.42 Å². The predicted octanol–water partition coefficient (Wildman–Crippen LogP) is -2.81. The smallest absolute Gasteiger partial charge is 0.328 e. The third-order valence-electron chi connectivity index (χ3n) is 8.13. The lowest BCUT2D eigenvalue weighted by atomic mass is 9.99. The van der Waals surface area contributed by atoms with E-state index in [1.807, 2.05) is 0 Å². The van der Waals surface area contributed by atoms with E-state index in [9.17, 15) is 49.5 Å². The number of phenolic OH excluding ortho intramolecular Hbond substituents is 1. The Kier molecular flexibility index (Phi) is 16.7. The Morgan fingerprint density at radius 3 is 2.13 bits per heavy atom. The zero-order chi connectivity index (χ0) is 38.4. The first kappa shape index (κ1) is 42.1. The number of nitrogens with one attached hydrogen (secondary N) is 4. The molecule has 4 amide bonds. The number of thioether (sulfide) groups is 1. The number of phenols is 1. The standard InChI is InChI=1S/C34H47N5O12S/c1-18(37-31(46)22(35)14-20-8-10-21(40)11-9-20)30(45)36-16-26(41)38-24(15-19-6-4-3-5-7-19)32(47)39-23(12-13-52-2)33(48)50-17-25-27(42)28(43)29(44)34(49)51-25/h3-11,18,22-25,27-29,34,40,42-44,49H,12-17,35H2,1-2H3,(H,36,45)(H,37,46)(H,38,41)(H,39,47)/t18-,22+,23+,24+,25-,27-,28+,29-,34?/m1/s1. The van der Waals surface area contributed by atoms with Crippen molar-refractivity contribution in [2.75, 3.05) is 25.2 Å². The highest BCUT2D eigenvalue weighted by Crippen LogP contribution is 2.20. The summed E-state index contributed by atoms with van der Waals surface area (Å²) in [5.74, 6) is -3.20. The molecule has 1 aliphatic heterocycles. The lowest BCUT2D eigenvalue weighted by Gasteiger charge is -2.38. The fourth-order valence-corrected chi connectivity index (χ4v) is 5.55. The molecule has 3 rings (SSSR count). The molecule has 18 heteroatoms. The van der Waals surface area contributed by atoms with Gasteiger partial charge in [0.25, 0.3) is 0 Å². The third kappa shape index (κ3) is 13.0. The third-order valence-corrected chi connectivity index (χ3v) is 8.77. The Bertz CT molecular complexity index is 1490. The molecule has 17 nitrogen and oxygen atoms in total. The maximum Gasteiger partial charge on any atom is 0.328 e. The van der Waals surface area contributed by atoms with Crippen molar-refractivity contribution in [3.8, 4) is 5.75 Å². The van der Waals surface area contributed by atoms with E-state index in [-0.39, 0.29) is 25.0 Å². The van der Waals surface area contributed by atoms with Crippen LogP contribution in [-0.4, -0.2) is 135 Å². The maximum atomic E-state index is 13.6. The number of benzene rings is 2. The molecular weight excluding hydrogens is 702 g/mol. The number of hydrogen-bond donors (Lipinski definition) is 10. The number of aromatic hydroxyl groups is 1. The number of hydrogen-bond acceptors (Lipinski definition) is 14. The van der Waals surface area contributed by atoms with E-state index < -0.39 is 97.6 Å². The number of aliphatic hydroxyl groups excluding tert-OH is 4. The van der Waals surface area contributed by atoms with Gasteiger partial charge in [-0.2, -0.15) is 11.8 Å². The van der Waals surface area contributed by atoms with Gasteiger partial charge < -0.3 is 62.0 Å². The van der Waals surface area contributed by atoms with Gasteiger partial charge in [-0.15, -0.1) is 0 Å². The molecule has 1 fully saturated rings. The van der Waals surface area contributed by atoms with Gasteiger partial charge >= 0.3 is 5.97 Å². The highest BCUT2D eigenvalue weighted by atomic mass is 32.2. The molecule has 0 spiro atoms. The van der Waals surface area contributed by atoms with Crippen molar-refractivity contribution in [2.45, 2.75) is 81.1 Å². The highest BCUT2D eigenvalue weighted by Gasteiger charge is 2.43. The van der Waals surface area contributed by atoms with Crippen LogP contribution in [-0.2, 0) is 46.3 Å². The normalized spacial score (nSPS) is 22.2. The van der Waals surface area contributed by atoms with Crippen molar-refractivity contribution in [3.63, 3.8) is 0 Å². The van der Waals surface area contributed by atoms with Crippen LogP contribution in [0.25, 0.3) is 0 Å². The van der Waals surface area contributed by atoms with Crippen molar-refractivity contribution < 1.29 is 59.0 Å². The van der Waals surface area contributed by atoms with Crippen LogP contribution >= 0.6 is 11.8 Å². The Hall–Kier alpha value is -4.30. The number of carbonyl (C=O) groups is 5. The van der Waals surface area contributed by atoms with E-state index in [2.05, 4.69) is 21.3 Å². The number of carbonyl (C=O) groups excluding carboxylic acids is 5. The molecule has 286 valence electrons. The summed E-state index contributed by atoms with van der Waals surface area (Å²) in [6.07, 6.45) is -6.32. The first-order chi connectivity index (χ1) is 24.7. The Morgan fingerprint density at radius 2 is 1.48 bits per heavy atom. The fourth-order valence-electron chi connectivity index (χ4n) is 5.08. The molecule has 1 unspecified atom stereocenters. The summed E-state index contributed by atoms with van der Waals surface area (Å²) >= 11 is 1.39. The molecule has 0 radical (unpaired) electrons. The van der Waals surface area contributed by atoms with Crippen LogP contribution in [0.15, 0.2) is 54.6 Å². The maximum absolute atomic E-state index is 13.6. The summed E-state index contributed by atoms with van der Waals surface area (Å²) in [7, 11) is 0. The van der Waals surface area contributed by atoms with Crippen molar-refractivity contribution >= 4 is 41.4 Å². The summed E-state index contributed by atoms with van der Waals surface area (Å²) in [6.45, 7) is 0.247. The molecule has 0 aromatic heterocycles. The van der Waals surface area contributed by atoms with E-state index in [1.54, 1.807) is 48.7 Å². The summed E-state index contributed by atoms with van der Waals surface area (Å²) in [4.78, 5) is 64.9. The van der Waals surface area contributed by atoms with Crippen LogP contribution in [0.3, 0.4) is 0 Å². The highest BCUT2D eigenvalue weighted by molar-refractivity contribution is 7.98. The molecular formula is C34H47N5O12S. The quantitative estimate of drug-likeness (QED) is 0.0690.